The summed E-state index contributed by atoms with van der Waals surface area (Å²) in [7, 11) is 0. The molecule has 0 unspecified atom stereocenters. The van der Waals surface area contributed by atoms with Gasteiger partial charge in [-0.15, -0.1) is 0 Å². The maximum Gasteiger partial charge on any atom is 0.340 e. The normalized spacial score (nSPS) is 14.6. The average Bonchev–Trinajstić information content (AvgIpc) is 3.56. The fourth-order valence-electron chi connectivity index (χ4n) is 5.22. The molecule has 12 nitrogen and oxygen atoms in total. The van der Waals surface area contributed by atoms with Gasteiger partial charge in [-0.1, -0.05) is 0 Å². The van der Waals surface area contributed by atoms with Crippen molar-refractivity contribution < 1.29 is 28.6 Å². The molecular weight excluding hydrogens is 552 g/mol. The van der Waals surface area contributed by atoms with E-state index in [1.807, 2.05) is 10.7 Å². The Bertz CT molecular complexity index is 1700. The van der Waals surface area contributed by atoms with Crippen LogP contribution in [0.15, 0.2) is 36.8 Å². The summed E-state index contributed by atoms with van der Waals surface area (Å²) < 4.78 is 20.5. The SMILES string of the molecule is CC(C)(C)OC(=O)c1ccc(C=O)c(C(=O)OC(C)(C)C)c1-c1cc(-c2ccnn2C2CCOCC2)c2c(N)ncnn12. The molecule has 0 bridgehead atoms. The van der Waals surface area contributed by atoms with Crippen molar-refractivity contribution in [2.24, 2.45) is 0 Å². The molecule has 2 N–H and O–H groups in total. The van der Waals surface area contributed by atoms with E-state index in [-0.39, 0.29) is 34.1 Å². The first-order valence-electron chi connectivity index (χ1n) is 14.1. The van der Waals surface area contributed by atoms with Crippen molar-refractivity contribution in [2.75, 3.05) is 18.9 Å². The third-order valence-electron chi connectivity index (χ3n) is 6.91. The molecule has 3 aromatic heterocycles. The van der Waals surface area contributed by atoms with E-state index < -0.39 is 23.1 Å². The van der Waals surface area contributed by atoms with Crippen LogP contribution in [0.4, 0.5) is 5.82 Å². The summed E-state index contributed by atoms with van der Waals surface area (Å²) in [5.41, 5.74) is 7.03. The number of hydrogen-bond donors (Lipinski definition) is 1. The second-order valence-electron chi connectivity index (χ2n) is 12.4. The zero-order chi connectivity index (χ0) is 31.1. The Kier molecular flexibility index (Phi) is 7.82. The van der Waals surface area contributed by atoms with E-state index in [1.165, 1.54) is 23.0 Å². The van der Waals surface area contributed by atoms with Gasteiger partial charge in [-0.3, -0.25) is 9.48 Å². The number of hydrogen-bond acceptors (Lipinski definition) is 10. The van der Waals surface area contributed by atoms with E-state index in [0.717, 1.165) is 18.5 Å². The molecule has 1 aliphatic heterocycles. The number of ether oxygens (including phenoxy) is 3. The van der Waals surface area contributed by atoms with Gasteiger partial charge < -0.3 is 19.9 Å². The molecule has 4 heterocycles. The van der Waals surface area contributed by atoms with Crippen LogP contribution in [-0.4, -0.2) is 67.0 Å². The second kappa shape index (κ2) is 11.3. The summed E-state index contributed by atoms with van der Waals surface area (Å²) in [4.78, 5) is 44.0. The molecule has 226 valence electrons. The second-order valence-corrected chi connectivity index (χ2v) is 12.4. The topological polar surface area (TPSA) is 153 Å². The van der Waals surface area contributed by atoms with Crippen LogP contribution in [-0.2, 0) is 14.2 Å². The van der Waals surface area contributed by atoms with Crippen molar-refractivity contribution in [3.8, 4) is 22.5 Å². The van der Waals surface area contributed by atoms with E-state index in [2.05, 4.69) is 15.2 Å². The number of carbonyl (C=O) groups is 3. The monoisotopic (exact) mass is 588 g/mol. The van der Waals surface area contributed by atoms with Crippen LogP contribution in [0.5, 0.6) is 0 Å². The lowest BCUT2D eigenvalue weighted by atomic mass is 9.93. The van der Waals surface area contributed by atoms with E-state index in [0.29, 0.717) is 36.3 Å². The molecule has 43 heavy (non-hydrogen) atoms. The molecule has 1 aromatic carbocycles. The molecule has 0 spiro atoms. The smallest absolute Gasteiger partial charge is 0.340 e. The summed E-state index contributed by atoms with van der Waals surface area (Å²) >= 11 is 0. The molecule has 4 aromatic rings. The Morgan fingerprint density at radius 2 is 1.65 bits per heavy atom. The minimum Gasteiger partial charge on any atom is -0.456 e. The summed E-state index contributed by atoms with van der Waals surface area (Å²) in [5, 5.41) is 9.09. The maximum atomic E-state index is 13.8. The third-order valence-corrected chi connectivity index (χ3v) is 6.91. The first-order valence-corrected chi connectivity index (χ1v) is 14.1. The van der Waals surface area contributed by atoms with Gasteiger partial charge in [-0.2, -0.15) is 10.2 Å². The van der Waals surface area contributed by atoms with Crippen LogP contribution < -0.4 is 5.73 Å². The number of fused-ring (bicyclic) bond motifs is 1. The molecule has 0 saturated carbocycles. The van der Waals surface area contributed by atoms with Crippen LogP contribution in [0.25, 0.3) is 28.0 Å². The van der Waals surface area contributed by atoms with Crippen molar-refractivity contribution in [2.45, 2.75) is 71.6 Å². The number of rotatable bonds is 6. The highest BCUT2D eigenvalue weighted by Crippen LogP contribution is 2.40. The highest BCUT2D eigenvalue weighted by molar-refractivity contribution is 6.11. The van der Waals surface area contributed by atoms with Gasteiger partial charge in [-0.25, -0.2) is 19.1 Å². The summed E-state index contributed by atoms with van der Waals surface area (Å²) in [6, 6.07) is 6.62. The molecule has 0 amide bonds. The number of nitrogen functional groups attached to an aromatic ring is 1. The van der Waals surface area contributed by atoms with Crippen LogP contribution >= 0.6 is 0 Å². The number of anilines is 1. The van der Waals surface area contributed by atoms with E-state index in [1.54, 1.807) is 53.8 Å². The van der Waals surface area contributed by atoms with Crippen LogP contribution in [0.2, 0.25) is 0 Å². The number of nitrogens with two attached hydrogens (primary N) is 1. The molecule has 0 atom stereocenters. The van der Waals surface area contributed by atoms with Crippen molar-refractivity contribution in [3.63, 3.8) is 0 Å². The predicted molar refractivity (Wildman–Crippen MR) is 159 cm³/mol. The van der Waals surface area contributed by atoms with Gasteiger partial charge in [0.05, 0.1) is 28.6 Å². The fraction of sp³-hybridized carbons (Fsp3) is 0.419. The molecule has 12 heteroatoms. The number of nitrogens with zero attached hydrogens (tertiary/aromatic N) is 5. The van der Waals surface area contributed by atoms with E-state index >= 15 is 0 Å². The Balaban J connectivity index is 1.83. The van der Waals surface area contributed by atoms with Crippen molar-refractivity contribution in [1.82, 2.24) is 24.4 Å². The van der Waals surface area contributed by atoms with Gasteiger partial charge in [0.25, 0.3) is 0 Å². The van der Waals surface area contributed by atoms with E-state index in [9.17, 15) is 14.4 Å². The minimum absolute atomic E-state index is 0.0438. The number of esters is 2. The van der Waals surface area contributed by atoms with E-state index in [4.69, 9.17) is 19.9 Å². The Morgan fingerprint density at radius 3 is 2.30 bits per heavy atom. The standard InChI is InChI=1S/C31H36N6O6/c1-30(2,3)42-28(39)20-8-7-18(16-38)24(29(40)43-31(4,5)6)25(20)23-15-21(26-27(32)33-17-35-37(23)26)22-9-12-34-36(22)19-10-13-41-14-11-19/h7-9,12,15-17,19H,10-11,13-14H2,1-6H3,(H2,32,33,35). The van der Waals surface area contributed by atoms with Gasteiger partial charge in [0.1, 0.15) is 23.0 Å². The average molecular weight is 589 g/mol. The summed E-state index contributed by atoms with van der Waals surface area (Å²) in [5.74, 6) is -1.28. The van der Waals surface area contributed by atoms with Crippen molar-refractivity contribution in [3.05, 3.63) is 53.5 Å². The largest absolute Gasteiger partial charge is 0.456 e. The minimum atomic E-state index is -0.883. The zero-order valence-corrected chi connectivity index (χ0v) is 25.2. The first-order chi connectivity index (χ1) is 20.3. The molecule has 5 rings (SSSR count). The fourth-order valence-corrected chi connectivity index (χ4v) is 5.22. The number of benzene rings is 1. The van der Waals surface area contributed by atoms with Gasteiger partial charge in [0.2, 0.25) is 0 Å². The number of aromatic nitrogens is 5. The lowest BCUT2D eigenvalue weighted by Crippen LogP contribution is -2.27. The van der Waals surface area contributed by atoms with Gasteiger partial charge in [0, 0.05) is 36.1 Å². The number of carbonyl (C=O) groups excluding carboxylic acids is 3. The van der Waals surface area contributed by atoms with Gasteiger partial charge in [-0.05, 0) is 78.6 Å². The Morgan fingerprint density at radius 1 is 0.977 bits per heavy atom. The van der Waals surface area contributed by atoms with Crippen molar-refractivity contribution >= 4 is 29.6 Å². The highest BCUT2D eigenvalue weighted by atomic mass is 16.6. The molecular formula is C31H36N6O6. The molecule has 1 saturated heterocycles. The number of aldehydes is 1. The predicted octanol–water partition coefficient (Wildman–Crippen LogP) is 4.92. The quantitative estimate of drug-likeness (QED) is 0.243. The molecule has 1 fully saturated rings. The molecule has 1 aliphatic rings. The highest BCUT2D eigenvalue weighted by Gasteiger charge is 2.33. The van der Waals surface area contributed by atoms with Crippen LogP contribution in [0, 0.1) is 0 Å². The lowest BCUT2D eigenvalue weighted by Gasteiger charge is -2.24. The van der Waals surface area contributed by atoms with Crippen LogP contribution in [0.1, 0.15) is 91.5 Å². The third kappa shape index (κ3) is 6.00. The molecule has 0 radical (unpaired) electrons. The first kappa shape index (κ1) is 29.9. The molecule has 0 aliphatic carbocycles. The summed E-state index contributed by atoms with van der Waals surface area (Å²) in [6.45, 7) is 11.6. The summed E-state index contributed by atoms with van der Waals surface area (Å²) in [6.07, 6.45) is 5.12. The van der Waals surface area contributed by atoms with Crippen LogP contribution in [0.3, 0.4) is 0 Å². The van der Waals surface area contributed by atoms with Gasteiger partial charge >= 0.3 is 11.9 Å². The van der Waals surface area contributed by atoms with Crippen molar-refractivity contribution in [1.29, 1.82) is 0 Å². The maximum absolute atomic E-state index is 13.8. The lowest BCUT2D eigenvalue weighted by molar-refractivity contribution is 0.00672. The van der Waals surface area contributed by atoms with Gasteiger partial charge in [0.15, 0.2) is 12.1 Å². The Hall–Kier alpha value is -4.58. The Labute approximate surface area is 249 Å². The zero-order valence-electron chi connectivity index (χ0n) is 25.2.